The molecule has 0 unspecified atom stereocenters. The quantitative estimate of drug-likeness (QED) is 0.750. The first-order valence-corrected chi connectivity index (χ1v) is 7.73. The largest absolute Gasteiger partial charge is 0.391 e. The predicted molar refractivity (Wildman–Crippen MR) is 91.2 cm³/mol. The molecule has 120 valence electrons. The summed E-state index contributed by atoms with van der Waals surface area (Å²) in [5, 5.41) is 4.74. The van der Waals surface area contributed by atoms with E-state index in [-0.39, 0.29) is 11.2 Å². The lowest BCUT2D eigenvalue weighted by molar-refractivity contribution is 0.130. The second-order valence-electron chi connectivity index (χ2n) is 5.66. The van der Waals surface area contributed by atoms with E-state index in [0.29, 0.717) is 30.5 Å². The van der Waals surface area contributed by atoms with E-state index in [9.17, 15) is 9.59 Å². The summed E-state index contributed by atoms with van der Waals surface area (Å²) in [7, 11) is 0. The molecule has 2 heterocycles. The highest BCUT2D eigenvalue weighted by atomic mass is 16.6. The van der Waals surface area contributed by atoms with Crippen LogP contribution < -0.4 is 11.2 Å². The number of para-hydroxylation sites is 1. The van der Waals surface area contributed by atoms with Crippen LogP contribution in [0.5, 0.6) is 0 Å². The fourth-order valence-electron chi connectivity index (χ4n) is 3.00. The van der Waals surface area contributed by atoms with Crippen LogP contribution in [-0.2, 0) is 18.0 Å². The van der Waals surface area contributed by atoms with Crippen molar-refractivity contribution in [3.63, 3.8) is 0 Å². The van der Waals surface area contributed by atoms with Gasteiger partial charge in [0.15, 0.2) is 0 Å². The maximum absolute atomic E-state index is 12.0. The van der Waals surface area contributed by atoms with Gasteiger partial charge in [-0.25, -0.2) is 4.79 Å². The van der Waals surface area contributed by atoms with Gasteiger partial charge >= 0.3 is 5.69 Å². The molecular weight excluding hydrogens is 306 g/mol. The Bertz CT molecular complexity index is 1050. The Morgan fingerprint density at radius 2 is 1.92 bits per heavy atom. The van der Waals surface area contributed by atoms with Crippen molar-refractivity contribution >= 4 is 16.6 Å². The molecule has 24 heavy (non-hydrogen) atoms. The average molecular weight is 321 g/mol. The van der Waals surface area contributed by atoms with Gasteiger partial charge in [-0.15, -0.1) is 0 Å². The van der Waals surface area contributed by atoms with E-state index >= 15 is 0 Å². The van der Waals surface area contributed by atoms with Crippen LogP contribution in [0.1, 0.15) is 17.5 Å². The van der Waals surface area contributed by atoms with Crippen molar-refractivity contribution in [2.24, 2.45) is 5.16 Å². The molecule has 0 radical (unpaired) electrons. The molecule has 3 aromatic rings. The number of aromatic nitrogens is 2. The van der Waals surface area contributed by atoms with Gasteiger partial charge in [0.05, 0.1) is 16.6 Å². The molecule has 0 fully saturated rings. The molecule has 0 saturated heterocycles. The third kappa shape index (κ3) is 2.42. The molecule has 1 N–H and O–H groups in total. The summed E-state index contributed by atoms with van der Waals surface area (Å²) >= 11 is 0. The Kier molecular flexibility index (Phi) is 3.49. The number of H-pyrrole nitrogens is 1. The maximum atomic E-state index is 12.0. The number of nitrogens with zero attached hydrogens (tertiary/aromatic N) is 2. The minimum Gasteiger partial charge on any atom is -0.391 e. The number of aromatic amines is 1. The summed E-state index contributed by atoms with van der Waals surface area (Å²) in [6.07, 6.45) is 0.576. The highest BCUT2D eigenvalue weighted by Gasteiger charge is 2.20. The molecule has 2 aromatic carbocycles. The van der Waals surface area contributed by atoms with Crippen molar-refractivity contribution in [1.82, 2.24) is 9.55 Å². The number of hydrogen-bond acceptors (Lipinski definition) is 4. The second kappa shape index (κ2) is 5.81. The molecule has 0 amide bonds. The first-order valence-electron chi connectivity index (χ1n) is 7.73. The standard InChI is InChI=1S/C18H15N3O3/c22-17-14-8-4-7-13-15(9-10-21(16(13)14)18(23)19-17)20-24-11-12-5-2-1-3-6-12/h1-8H,9-11H2,(H,19,22,23). The van der Waals surface area contributed by atoms with E-state index in [0.717, 1.165) is 16.8 Å². The van der Waals surface area contributed by atoms with Crippen LogP contribution >= 0.6 is 0 Å². The summed E-state index contributed by atoms with van der Waals surface area (Å²) in [6.45, 7) is 0.846. The number of rotatable bonds is 3. The lowest BCUT2D eigenvalue weighted by Crippen LogP contribution is -2.34. The number of aryl methyl sites for hydroxylation is 1. The summed E-state index contributed by atoms with van der Waals surface area (Å²) in [5.74, 6) is 0. The van der Waals surface area contributed by atoms with Crippen LogP contribution in [0.25, 0.3) is 10.9 Å². The molecule has 6 heteroatoms. The maximum Gasteiger partial charge on any atom is 0.328 e. The molecule has 0 aliphatic carbocycles. The lowest BCUT2D eigenvalue weighted by atomic mass is 10.0. The first-order chi connectivity index (χ1) is 11.7. The van der Waals surface area contributed by atoms with E-state index < -0.39 is 0 Å². The van der Waals surface area contributed by atoms with Gasteiger partial charge < -0.3 is 4.84 Å². The Hall–Kier alpha value is -3.15. The minimum absolute atomic E-state index is 0.375. The summed E-state index contributed by atoms with van der Waals surface area (Å²) in [6, 6.07) is 15.1. The highest BCUT2D eigenvalue weighted by molar-refractivity contribution is 6.10. The third-order valence-corrected chi connectivity index (χ3v) is 4.15. The van der Waals surface area contributed by atoms with Gasteiger partial charge in [0.25, 0.3) is 5.56 Å². The van der Waals surface area contributed by atoms with Crippen LogP contribution in [0.2, 0.25) is 0 Å². The normalized spacial score (nSPS) is 14.9. The number of nitrogens with one attached hydrogen (secondary N) is 1. The fourth-order valence-corrected chi connectivity index (χ4v) is 3.00. The molecule has 6 nitrogen and oxygen atoms in total. The van der Waals surface area contributed by atoms with Crippen molar-refractivity contribution in [2.75, 3.05) is 0 Å². The first kappa shape index (κ1) is 14.4. The van der Waals surface area contributed by atoms with Gasteiger partial charge in [-0.05, 0) is 11.6 Å². The molecule has 0 saturated carbocycles. The van der Waals surface area contributed by atoms with E-state index in [4.69, 9.17) is 4.84 Å². The van der Waals surface area contributed by atoms with Crippen LogP contribution in [0.15, 0.2) is 63.3 Å². The van der Waals surface area contributed by atoms with Crippen molar-refractivity contribution in [2.45, 2.75) is 19.6 Å². The Morgan fingerprint density at radius 1 is 1.08 bits per heavy atom. The zero-order valence-corrected chi connectivity index (χ0v) is 12.9. The van der Waals surface area contributed by atoms with E-state index in [1.807, 2.05) is 36.4 Å². The predicted octanol–water partition coefficient (Wildman–Crippen LogP) is 2.01. The van der Waals surface area contributed by atoms with Gasteiger partial charge in [-0.3, -0.25) is 14.3 Å². The molecular formula is C18H15N3O3. The van der Waals surface area contributed by atoms with Gasteiger partial charge in [0, 0.05) is 18.5 Å². The minimum atomic E-state index is -0.385. The van der Waals surface area contributed by atoms with Crippen molar-refractivity contribution < 1.29 is 4.84 Å². The number of benzene rings is 2. The van der Waals surface area contributed by atoms with E-state index in [2.05, 4.69) is 10.1 Å². The van der Waals surface area contributed by atoms with Gasteiger partial charge in [0.1, 0.15) is 6.61 Å². The van der Waals surface area contributed by atoms with E-state index in [1.54, 1.807) is 16.7 Å². The zero-order valence-electron chi connectivity index (χ0n) is 12.9. The van der Waals surface area contributed by atoms with Gasteiger partial charge in [-0.2, -0.15) is 0 Å². The van der Waals surface area contributed by atoms with Crippen molar-refractivity contribution in [3.05, 3.63) is 80.5 Å². The van der Waals surface area contributed by atoms with Crippen LogP contribution in [0, 0.1) is 0 Å². The van der Waals surface area contributed by atoms with Crippen LogP contribution in [-0.4, -0.2) is 15.3 Å². The number of hydrogen-bond donors (Lipinski definition) is 1. The molecule has 0 atom stereocenters. The molecule has 4 rings (SSSR count). The Balaban J connectivity index is 1.73. The van der Waals surface area contributed by atoms with Gasteiger partial charge in [0.2, 0.25) is 0 Å². The summed E-state index contributed by atoms with van der Waals surface area (Å²) < 4.78 is 1.59. The van der Waals surface area contributed by atoms with Crippen LogP contribution in [0.4, 0.5) is 0 Å². The third-order valence-electron chi connectivity index (χ3n) is 4.15. The topological polar surface area (TPSA) is 76.5 Å². The van der Waals surface area contributed by atoms with Crippen LogP contribution in [0.3, 0.4) is 0 Å². The highest BCUT2D eigenvalue weighted by Crippen LogP contribution is 2.22. The molecule has 0 bridgehead atoms. The van der Waals surface area contributed by atoms with Crippen molar-refractivity contribution in [1.29, 1.82) is 0 Å². The molecule has 1 aliphatic heterocycles. The number of oxime groups is 1. The molecule has 1 aromatic heterocycles. The van der Waals surface area contributed by atoms with Gasteiger partial charge in [-0.1, -0.05) is 47.6 Å². The average Bonchev–Trinajstić information content (AvgIpc) is 2.61. The Morgan fingerprint density at radius 3 is 2.75 bits per heavy atom. The summed E-state index contributed by atoms with van der Waals surface area (Å²) in [5.41, 5.74) is 2.42. The molecule has 0 spiro atoms. The Labute approximate surface area is 137 Å². The fraction of sp³-hybridized carbons (Fsp3) is 0.167. The lowest BCUT2D eigenvalue weighted by Gasteiger charge is -2.19. The van der Waals surface area contributed by atoms with Crippen molar-refractivity contribution in [3.8, 4) is 0 Å². The smallest absolute Gasteiger partial charge is 0.328 e. The zero-order chi connectivity index (χ0) is 16.5. The molecule has 1 aliphatic rings. The monoisotopic (exact) mass is 321 g/mol. The van der Waals surface area contributed by atoms with E-state index in [1.165, 1.54) is 0 Å². The SMILES string of the molecule is O=c1[nH]c(=O)n2c3c(cccc13)C(=NOCc1ccccc1)CC2. The summed E-state index contributed by atoms with van der Waals surface area (Å²) in [4.78, 5) is 31.9. The second-order valence-corrected chi connectivity index (χ2v) is 5.66.